The van der Waals surface area contributed by atoms with E-state index in [1.165, 1.54) is 0 Å². The lowest BCUT2D eigenvalue weighted by Crippen LogP contribution is -2.20. The van der Waals surface area contributed by atoms with Crippen LogP contribution in [0.1, 0.15) is 10.6 Å². The Hall–Kier alpha value is -2.38. The van der Waals surface area contributed by atoms with Gasteiger partial charge in [-0.05, 0) is 0 Å². The lowest BCUT2D eigenvalue weighted by molar-refractivity contribution is 0.0990. The molecule has 1 heterocycles. The average molecular weight is 244 g/mol. The molecular formula is C11H12N6O. The van der Waals surface area contributed by atoms with Crippen molar-refractivity contribution >= 4 is 11.6 Å². The fraction of sp³-hybridized carbons (Fsp3) is 0.0909. The molecule has 0 aliphatic carbocycles. The van der Waals surface area contributed by atoms with E-state index in [1.54, 1.807) is 0 Å². The number of nitrogens with one attached hydrogen (secondary N) is 1. The molecule has 7 nitrogen and oxygen atoms in total. The minimum atomic E-state index is -0.372. The van der Waals surface area contributed by atoms with Crippen LogP contribution in [0.5, 0.6) is 0 Å². The van der Waals surface area contributed by atoms with E-state index in [-0.39, 0.29) is 18.2 Å². The van der Waals surface area contributed by atoms with E-state index < -0.39 is 0 Å². The van der Waals surface area contributed by atoms with Crippen LogP contribution in [0, 0.1) is 0 Å². The van der Waals surface area contributed by atoms with Gasteiger partial charge in [0.05, 0.1) is 6.54 Å². The van der Waals surface area contributed by atoms with Crippen LogP contribution >= 0.6 is 0 Å². The largest absolute Gasteiger partial charge is 0.324 e. The van der Waals surface area contributed by atoms with Crippen LogP contribution in [-0.2, 0) is 0 Å². The molecule has 2 aromatic rings. The molecule has 0 spiro atoms. The Bertz CT molecular complexity index is 557. The molecule has 0 aliphatic rings. The zero-order chi connectivity index (χ0) is 13.0. The number of carbonyl (C=O) groups excluding carboxylic acids is 1. The first kappa shape index (κ1) is 12.1. The molecule has 0 saturated carbocycles. The monoisotopic (exact) mass is 244 g/mol. The number of anilines is 1. The van der Waals surface area contributed by atoms with Gasteiger partial charge in [0, 0.05) is 5.56 Å². The van der Waals surface area contributed by atoms with Crippen LogP contribution in [-0.4, -0.2) is 27.5 Å². The Balaban J connectivity index is 2.53. The van der Waals surface area contributed by atoms with Crippen molar-refractivity contribution in [3.63, 3.8) is 0 Å². The molecule has 7 heteroatoms. The average Bonchev–Trinajstić information content (AvgIpc) is 2.46. The second kappa shape index (κ2) is 5.30. The maximum absolute atomic E-state index is 11.5. The van der Waals surface area contributed by atoms with Gasteiger partial charge in [0.25, 0.3) is 0 Å². The van der Waals surface area contributed by atoms with E-state index in [0.29, 0.717) is 11.5 Å². The predicted octanol–water partition coefficient (Wildman–Crippen LogP) is -0.0344. The van der Waals surface area contributed by atoms with Gasteiger partial charge in [-0.1, -0.05) is 30.3 Å². The van der Waals surface area contributed by atoms with Gasteiger partial charge >= 0.3 is 0 Å². The minimum Gasteiger partial charge on any atom is -0.324 e. The first-order valence-corrected chi connectivity index (χ1v) is 5.26. The molecule has 1 aromatic carbocycles. The SMILES string of the molecule is NCC(=O)c1nnc(NN)c(-c2ccccc2)n1. The number of nitrogen functional groups attached to an aromatic ring is 1. The molecule has 92 valence electrons. The number of rotatable bonds is 4. The Morgan fingerprint density at radius 3 is 2.56 bits per heavy atom. The van der Waals surface area contributed by atoms with Gasteiger partial charge in [-0.15, -0.1) is 10.2 Å². The van der Waals surface area contributed by atoms with Gasteiger partial charge in [0.15, 0.2) is 5.82 Å². The summed E-state index contributed by atoms with van der Waals surface area (Å²) in [5.74, 6) is 5.26. The van der Waals surface area contributed by atoms with Crippen LogP contribution in [0.4, 0.5) is 5.82 Å². The summed E-state index contributed by atoms with van der Waals surface area (Å²) in [4.78, 5) is 15.6. The highest BCUT2D eigenvalue weighted by atomic mass is 16.1. The number of hydrogen-bond donors (Lipinski definition) is 3. The maximum atomic E-state index is 11.5. The van der Waals surface area contributed by atoms with Crippen LogP contribution in [0.15, 0.2) is 30.3 Å². The first-order chi connectivity index (χ1) is 8.76. The topological polar surface area (TPSA) is 120 Å². The fourth-order valence-electron chi connectivity index (χ4n) is 1.43. The molecular weight excluding hydrogens is 232 g/mol. The van der Waals surface area contributed by atoms with Crippen molar-refractivity contribution in [2.24, 2.45) is 11.6 Å². The number of nitrogens with zero attached hydrogens (tertiary/aromatic N) is 3. The summed E-state index contributed by atoms with van der Waals surface area (Å²) in [6.07, 6.45) is 0. The number of nitrogens with two attached hydrogens (primary N) is 2. The molecule has 5 N–H and O–H groups in total. The predicted molar refractivity (Wildman–Crippen MR) is 66.5 cm³/mol. The van der Waals surface area contributed by atoms with Gasteiger partial charge in [-0.25, -0.2) is 10.8 Å². The Morgan fingerprint density at radius 1 is 1.22 bits per heavy atom. The summed E-state index contributed by atoms with van der Waals surface area (Å²) in [5.41, 5.74) is 8.91. The molecule has 0 radical (unpaired) electrons. The van der Waals surface area contributed by atoms with E-state index in [2.05, 4.69) is 20.6 Å². The molecule has 0 amide bonds. The van der Waals surface area contributed by atoms with Crippen molar-refractivity contribution in [1.29, 1.82) is 0 Å². The van der Waals surface area contributed by atoms with Crippen LogP contribution in [0.25, 0.3) is 11.3 Å². The highest BCUT2D eigenvalue weighted by Gasteiger charge is 2.14. The van der Waals surface area contributed by atoms with Crippen LogP contribution < -0.4 is 17.0 Å². The van der Waals surface area contributed by atoms with E-state index in [0.717, 1.165) is 5.56 Å². The number of hydrogen-bond acceptors (Lipinski definition) is 7. The number of hydrazine groups is 1. The van der Waals surface area contributed by atoms with Gasteiger partial charge in [-0.2, -0.15) is 0 Å². The summed E-state index contributed by atoms with van der Waals surface area (Å²) >= 11 is 0. The highest BCUT2D eigenvalue weighted by molar-refractivity contribution is 5.94. The normalized spacial score (nSPS) is 10.1. The molecule has 1 aromatic heterocycles. The summed E-state index contributed by atoms with van der Waals surface area (Å²) in [5, 5.41) is 7.49. The third kappa shape index (κ3) is 2.31. The molecule has 0 saturated heterocycles. The maximum Gasteiger partial charge on any atom is 0.220 e. The quantitative estimate of drug-likeness (QED) is 0.392. The zero-order valence-electron chi connectivity index (χ0n) is 9.50. The van der Waals surface area contributed by atoms with Crippen molar-refractivity contribution in [3.8, 4) is 11.3 Å². The molecule has 0 unspecified atom stereocenters. The number of aromatic nitrogens is 3. The molecule has 2 rings (SSSR count). The van der Waals surface area contributed by atoms with Crippen molar-refractivity contribution in [2.75, 3.05) is 12.0 Å². The number of carbonyl (C=O) groups is 1. The van der Waals surface area contributed by atoms with E-state index >= 15 is 0 Å². The van der Waals surface area contributed by atoms with E-state index in [4.69, 9.17) is 11.6 Å². The van der Waals surface area contributed by atoms with E-state index in [1.807, 2.05) is 30.3 Å². The Kier molecular flexibility index (Phi) is 3.56. The second-order valence-electron chi connectivity index (χ2n) is 3.47. The summed E-state index contributed by atoms with van der Waals surface area (Å²) in [6.45, 7) is -0.161. The Morgan fingerprint density at radius 2 is 1.94 bits per heavy atom. The summed E-state index contributed by atoms with van der Waals surface area (Å²) < 4.78 is 0. The molecule has 0 atom stereocenters. The first-order valence-electron chi connectivity index (χ1n) is 5.26. The second-order valence-corrected chi connectivity index (χ2v) is 3.47. The number of ketones is 1. The third-order valence-corrected chi connectivity index (χ3v) is 2.31. The standard InChI is InChI=1S/C11H12N6O/c12-6-8(18)10-14-9(11(15-13)17-16-10)7-4-2-1-3-5-7/h1-5H,6,12-13H2,(H,15,17). The zero-order valence-corrected chi connectivity index (χ0v) is 9.50. The third-order valence-electron chi connectivity index (χ3n) is 2.31. The summed E-state index contributed by atoms with van der Waals surface area (Å²) in [7, 11) is 0. The van der Waals surface area contributed by atoms with Crippen molar-refractivity contribution in [1.82, 2.24) is 15.2 Å². The molecule has 18 heavy (non-hydrogen) atoms. The minimum absolute atomic E-state index is 0.0182. The van der Waals surface area contributed by atoms with Crippen molar-refractivity contribution in [2.45, 2.75) is 0 Å². The number of benzene rings is 1. The van der Waals surface area contributed by atoms with Crippen molar-refractivity contribution in [3.05, 3.63) is 36.2 Å². The van der Waals surface area contributed by atoms with Crippen LogP contribution in [0.3, 0.4) is 0 Å². The van der Waals surface area contributed by atoms with E-state index in [9.17, 15) is 4.79 Å². The number of Topliss-reactive ketones (excluding diaryl/α,β-unsaturated/α-hetero) is 1. The van der Waals surface area contributed by atoms with Gasteiger partial charge in [0.1, 0.15) is 5.69 Å². The lowest BCUT2D eigenvalue weighted by Gasteiger charge is -2.07. The lowest BCUT2D eigenvalue weighted by atomic mass is 10.1. The Labute approximate surface area is 103 Å². The highest BCUT2D eigenvalue weighted by Crippen LogP contribution is 2.22. The molecule has 0 bridgehead atoms. The molecule has 0 aliphatic heterocycles. The van der Waals surface area contributed by atoms with Gasteiger partial charge in [-0.3, -0.25) is 4.79 Å². The van der Waals surface area contributed by atoms with Crippen molar-refractivity contribution < 1.29 is 4.79 Å². The van der Waals surface area contributed by atoms with Gasteiger partial charge in [0.2, 0.25) is 11.6 Å². The van der Waals surface area contributed by atoms with Crippen LogP contribution in [0.2, 0.25) is 0 Å². The van der Waals surface area contributed by atoms with Gasteiger partial charge < -0.3 is 11.2 Å². The fourth-order valence-corrected chi connectivity index (χ4v) is 1.43. The summed E-state index contributed by atoms with van der Waals surface area (Å²) in [6, 6.07) is 9.24. The molecule has 0 fully saturated rings. The smallest absolute Gasteiger partial charge is 0.220 e.